The summed E-state index contributed by atoms with van der Waals surface area (Å²) >= 11 is 0. The predicted molar refractivity (Wildman–Crippen MR) is 191 cm³/mol. The standard InChI is InChI=1S/C38H45N9O3/c1-44(2)36(50)31-19-27-21-40-37(43-34(27)47(31)29-5-3-4-6-29)41-32-13-7-25(20-39-32)22-45-23-38(24-45)15-17-46(18-16-38)28-10-8-26(9-11-28)30-12-14-33(48)42-35(30)49/h7-11,13,19-21,29-30H,3-6,12,14-18,22-24H2,1-2H3,(H,42,48,49)(H,39,40,41,43). The average Bonchev–Trinajstić information content (AvgIpc) is 3.77. The first-order chi connectivity index (χ1) is 24.2. The number of hydrogen-bond donors (Lipinski definition) is 2. The number of nitrogens with one attached hydrogen (secondary N) is 2. The second kappa shape index (κ2) is 13.1. The molecule has 1 spiro atoms. The number of fused-ring (bicyclic) bond motifs is 1. The molecule has 50 heavy (non-hydrogen) atoms. The van der Waals surface area contributed by atoms with E-state index in [1.807, 2.05) is 30.5 Å². The van der Waals surface area contributed by atoms with E-state index in [4.69, 9.17) is 4.98 Å². The maximum Gasteiger partial charge on any atom is 0.270 e. The molecule has 1 atom stereocenters. The van der Waals surface area contributed by atoms with Crippen molar-refractivity contribution in [2.45, 2.75) is 69.9 Å². The average molecular weight is 676 g/mol. The topological polar surface area (TPSA) is 129 Å². The number of carbonyl (C=O) groups excluding carboxylic acids is 3. The van der Waals surface area contributed by atoms with Crippen molar-refractivity contribution in [2.24, 2.45) is 5.41 Å². The zero-order chi connectivity index (χ0) is 34.4. The number of hydrogen-bond acceptors (Lipinski definition) is 9. The highest BCUT2D eigenvalue weighted by atomic mass is 16.2. The molecule has 8 rings (SSSR count). The van der Waals surface area contributed by atoms with Crippen LogP contribution in [0.25, 0.3) is 11.0 Å². The number of rotatable bonds is 8. The molecule has 0 bridgehead atoms. The summed E-state index contributed by atoms with van der Waals surface area (Å²) < 4.78 is 2.13. The molecule has 3 saturated heterocycles. The summed E-state index contributed by atoms with van der Waals surface area (Å²) in [5, 5.41) is 6.61. The monoisotopic (exact) mass is 675 g/mol. The van der Waals surface area contributed by atoms with Crippen LogP contribution in [-0.2, 0) is 16.1 Å². The maximum absolute atomic E-state index is 13.0. The molecular formula is C38H45N9O3. The summed E-state index contributed by atoms with van der Waals surface area (Å²) in [4.78, 5) is 57.5. The van der Waals surface area contributed by atoms with Crippen LogP contribution in [0.3, 0.4) is 0 Å². The second-order valence-electron chi connectivity index (χ2n) is 14.9. The second-order valence-corrected chi connectivity index (χ2v) is 14.9. The van der Waals surface area contributed by atoms with Gasteiger partial charge in [-0.1, -0.05) is 31.0 Å². The Morgan fingerprint density at radius 3 is 2.42 bits per heavy atom. The third-order valence-electron chi connectivity index (χ3n) is 11.2. The number of nitrogens with zero attached hydrogens (tertiary/aromatic N) is 7. The summed E-state index contributed by atoms with van der Waals surface area (Å²) in [6.07, 6.45) is 11.5. The van der Waals surface area contributed by atoms with Gasteiger partial charge in [-0.05, 0) is 72.9 Å². The molecule has 0 radical (unpaired) electrons. The number of piperidine rings is 2. The van der Waals surface area contributed by atoms with Crippen LogP contribution < -0.4 is 15.5 Å². The lowest BCUT2D eigenvalue weighted by atomic mass is 9.72. The number of aromatic nitrogens is 4. The van der Waals surface area contributed by atoms with Gasteiger partial charge in [-0.25, -0.2) is 9.97 Å². The fraction of sp³-hybridized carbons (Fsp3) is 0.474. The van der Waals surface area contributed by atoms with Crippen molar-refractivity contribution < 1.29 is 14.4 Å². The smallest absolute Gasteiger partial charge is 0.270 e. The van der Waals surface area contributed by atoms with Crippen molar-refractivity contribution in [3.8, 4) is 0 Å². The lowest BCUT2D eigenvalue weighted by Crippen LogP contribution is -2.59. The molecule has 4 aliphatic rings. The quantitative estimate of drug-likeness (QED) is 0.248. The van der Waals surface area contributed by atoms with E-state index in [0.29, 0.717) is 35.7 Å². The van der Waals surface area contributed by atoms with Crippen LogP contribution in [0.4, 0.5) is 17.5 Å². The molecule has 3 aliphatic heterocycles. The molecule has 1 saturated carbocycles. The van der Waals surface area contributed by atoms with Crippen LogP contribution in [0.5, 0.6) is 0 Å². The van der Waals surface area contributed by atoms with Gasteiger partial charge in [0.15, 0.2) is 0 Å². The van der Waals surface area contributed by atoms with Crippen LogP contribution in [0.1, 0.15) is 84.9 Å². The van der Waals surface area contributed by atoms with Crippen molar-refractivity contribution in [1.29, 1.82) is 0 Å². The van der Waals surface area contributed by atoms with Gasteiger partial charge in [0.05, 0.1) is 5.92 Å². The molecule has 4 fully saturated rings. The molecule has 3 amide bonds. The fourth-order valence-corrected chi connectivity index (χ4v) is 8.46. The number of likely N-dealkylation sites (tertiary alicyclic amines) is 1. The van der Waals surface area contributed by atoms with E-state index in [2.05, 4.69) is 53.2 Å². The largest absolute Gasteiger partial charge is 0.371 e. The molecule has 1 aromatic carbocycles. The van der Waals surface area contributed by atoms with E-state index in [1.165, 1.54) is 24.1 Å². The van der Waals surface area contributed by atoms with E-state index in [0.717, 1.165) is 75.0 Å². The molecule has 12 heteroatoms. The zero-order valence-electron chi connectivity index (χ0n) is 28.9. The molecule has 1 unspecified atom stereocenters. The number of imide groups is 1. The van der Waals surface area contributed by atoms with Gasteiger partial charge in [-0.3, -0.25) is 24.6 Å². The van der Waals surface area contributed by atoms with Crippen molar-refractivity contribution >= 4 is 46.2 Å². The van der Waals surface area contributed by atoms with E-state index in [1.54, 1.807) is 25.2 Å². The van der Waals surface area contributed by atoms with Gasteiger partial charge in [-0.15, -0.1) is 0 Å². The van der Waals surface area contributed by atoms with Crippen LogP contribution in [0.2, 0.25) is 0 Å². The summed E-state index contributed by atoms with van der Waals surface area (Å²) in [7, 11) is 3.57. The number of anilines is 3. The highest BCUT2D eigenvalue weighted by Gasteiger charge is 2.44. The highest BCUT2D eigenvalue weighted by Crippen LogP contribution is 2.42. The first-order valence-electron chi connectivity index (χ1n) is 18.0. The maximum atomic E-state index is 13.0. The Morgan fingerprint density at radius 2 is 1.74 bits per heavy atom. The number of amides is 3. The fourth-order valence-electron chi connectivity index (χ4n) is 8.46. The first-order valence-corrected chi connectivity index (χ1v) is 18.0. The minimum Gasteiger partial charge on any atom is -0.371 e. The normalized spacial score (nSPS) is 21.0. The Morgan fingerprint density at radius 1 is 0.980 bits per heavy atom. The van der Waals surface area contributed by atoms with Crippen molar-refractivity contribution in [1.82, 2.24) is 34.6 Å². The first kappa shape index (κ1) is 32.4. The number of pyridine rings is 1. The van der Waals surface area contributed by atoms with Crippen LogP contribution in [0, 0.1) is 5.41 Å². The van der Waals surface area contributed by atoms with Crippen LogP contribution in [0.15, 0.2) is 54.9 Å². The van der Waals surface area contributed by atoms with Gasteiger partial charge in [-0.2, -0.15) is 4.98 Å². The van der Waals surface area contributed by atoms with Gasteiger partial charge >= 0.3 is 0 Å². The Balaban J connectivity index is 0.845. The minimum atomic E-state index is -0.241. The molecule has 260 valence electrons. The number of benzene rings is 1. The molecule has 4 aromatic rings. The molecule has 2 N–H and O–H groups in total. The molecule has 3 aromatic heterocycles. The third kappa shape index (κ3) is 6.32. The van der Waals surface area contributed by atoms with Gasteiger partial charge < -0.3 is 19.7 Å². The van der Waals surface area contributed by atoms with E-state index >= 15 is 0 Å². The summed E-state index contributed by atoms with van der Waals surface area (Å²) in [6, 6.07) is 14.6. The van der Waals surface area contributed by atoms with Gasteiger partial charge in [0.25, 0.3) is 5.91 Å². The van der Waals surface area contributed by atoms with Gasteiger partial charge in [0, 0.05) is 82.7 Å². The molecule has 12 nitrogen and oxygen atoms in total. The Labute approximate surface area is 292 Å². The van der Waals surface area contributed by atoms with E-state index < -0.39 is 0 Å². The Bertz CT molecular complexity index is 1900. The minimum absolute atomic E-state index is 0.0177. The van der Waals surface area contributed by atoms with Crippen LogP contribution >= 0.6 is 0 Å². The van der Waals surface area contributed by atoms with Crippen molar-refractivity contribution in [3.05, 3.63) is 71.7 Å². The summed E-state index contributed by atoms with van der Waals surface area (Å²) in [6.45, 7) is 5.13. The lowest BCUT2D eigenvalue weighted by Gasteiger charge is -2.54. The highest BCUT2D eigenvalue weighted by molar-refractivity contribution is 6.01. The molecule has 6 heterocycles. The van der Waals surface area contributed by atoms with E-state index in [-0.39, 0.29) is 29.7 Å². The lowest BCUT2D eigenvalue weighted by molar-refractivity contribution is -0.134. The van der Waals surface area contributed by atoms with Gasteiger partial charge in [0.2, 0.25) is 17.8 Å². The zero-order valence-corrected chi connectivity index (χ0v) is 28.9. The summed E-state index contributed by atoms with van der Waals surface area (Å²) in [5.74, 6) is 0.540. The SMILES string of the molecule is CN(C)C(=O)c1cc2cnc(Nc3ccc(CN4CC5(CCN(c6ccc(C7CCC(=O)NC7=O)cc6)CC5)C4)cn3)nc2n1C1CCCC1. The third-order valence-corrected chi connectivity index (χ3v) is 11.2. The molecule has 1 aliphatic carbocycles. The van der Waals surface area contributed by atoms with Crippen molar-refractivity contribution in [2.75, 3.05) is 50.5 Å². The Hall–Kier alpha value is -4.84. The van der Waals surface area contributed by atoms with Crippen molar-refractivity contribution in [3.63, 3.8) is 0 Å². The molecular weight excluding hydrogens is 630 g/mol. The van der Waals surface area contributed by atoms with Gasteiger partial charge in [0.1, 0.15) is 17.2 Å². The summed E-state index contributed by atoms with van der Waals surface area (Å²) in [5.41, 5.74) is 5.19. The predicted octanol–water partition coefficient (Wildman–Crippen LogP) is 5.01. The van der Waals surface area contributed by atoms with Crippen LogP contribution in [-0.4, -0.2) is 87.3 Å². The Kier molecular flexibility index (Phi) is 8.50. The number of carbonyl (C=O) groups is 3. The van der Waals surface area contributed by atoms with E-state index in [9.17, 15) is 14.4 Å².